The first-order valence-corrected chi connectivity index (χ1v) is 6.38. The van der Waals surface area contributed by atoms with E-state index in [0.29, 0.717) is 11.3 Å². The van der Waals surface area contributed by atoms with Gasteiger partial charge in [0.25, 0.3) is 0 Å². The van der Waals surface area contributed by atoms with Gasteiger partial charge in [-0.25, -0.2) is 0 Å². The summed E-state index contributed by atoms with van der Waals surface area (Å²) < 4.78 is 43.9. The first-order valence-electron chi connectivity index (χ1n) is 6.38. The second-order valence-corrected chi connectivity index (χ2v) is 4.50. The zero-order chi connectivity index (χ0) is 14.8. The van der Waals surface area contributed by atoms with Crippen molar-refractivity contribution in [1.82, 2.24) is 5.32 Å². The molecule has 2 rings (SSSR count). The topological polar surface area (TPSA) is 25.2 Å². The van der Waals surface area contributed by atoms with E-state index in [1.165, 1.54) is 6.07 Å². The van der Waals surface area contributed by atoms with Crippen molar-refractivity contribution in [3.8, 4) is 0 Å². The molecule has 0 saturated carbocycles. The van der Waals surface area contributed by atoms with E-state index in [-0.39, 0.29) is 0 Å². The van der Waals surface area contributed by atoms with Gasteiger partial charge in [0, 0.05) is 6.42 Å². The third-order valence-electron chi connectivity index (χ3n) is 3.15. The van der Waals surface area contributed by atoms with Crippen molar-refractivity contribution in [2.75, 3.05) is 7.05 Å². The second kappa shape index (κ2) is 5.71. The minimum absolute atomic E-state index is 0.391. The van der Waals surface area contributed by atoms with Gasteiger partial charge in [-0.15, -0.1) is 0 Å². The maximum atomic E-state index is 12.8. The van der Waals surface area contributed by atoms with Crippen molar-refractivity contribution >= 4 is 0 Å². The van der Waals surface area contributed by atoms with Crippen LogP contribution in [0.25, 0.3) is 0 Å². The smallest absolute Gasteiger partial charge is 0.416 e. The van der Waals surface area contributed by atoms with E-state index < -0.39 is 17.8 Å². The third kappa shape index (κ3) is 3.04. The lowest BCUT2D eigenvalue weighted by Gasteiger charge is -2.16. The highest BCUT2D eigenvalue weighted by molar-refractivity contribution is 5.32. The van der Waals surface area contributed by atoms with E-state index in [9.17, 15) is 13.2 Å². The summed E-state index contributed by atoms with van der Waals surface area (Å²) >= 11 is 0. The number of hydrogen-bond donors (Lipinski definition) is 1. The normalized spacial score (nSPS) is 13.4. The first-order chi connectivity index (χ1) is 9.45. The molecule has 1 atom stereocenters. The summed E-state index contributed by atoms with van der Waals surface area (Å²) in [6.07, 6.45) is -3.59. The molecule has 20 heavy (non-hydrogen) atoms. The minimum atomic E-state index is -4.34. The third-order valence-corrected chi connectivity index (χ3v) is 3.15. The molecular weight excluding hydrogens is 267 g/mol. The number of alkyl halides is 3. The molecule has 0 spiro atoms. The highest BCUT2D eigenvalue weighted by Crippen LogP contribution is 2.32. The molecule has 1 heterocycles. The van der Waals surface area contributed by atoms with Crippen LogP contribution in [0.15, 0.2) is 40.8 Å². The lowest BCUT2D eigenvalue weighted by molar-refractivity contribution is -0.137. The lowest BCUT2D eigenvalue weighted by Crippen LogP contribution is -2.18. The fraction of sp³-hybridized carbons (Fsp3) is 0.333. The summed E-state index contributed by atoms with van der Waals surface area (Å²) in [4.78, 5) is 0. The predicted molar refractivity (Wildman–Crippen MR) is 70.4 cm³/mol. The van der Waals surface area contributed by atoms with E-state index in [1.54, 1.807) is 19.2 Å². The van der Waals surface area contributed by atoms with E-state index in [4.69, 9.17) is 4.42 Å². The number of nitrogens with one attached hydrogen (secondary N) is 1. The lowest BCUT2D eigenvalue weighted by atomic mass is 10.0. The molecule has 0 saturated heterocycles. The predicted octanol–water partition coefficient (Wildman–Crippen LogP) is 4.17. The Kier molecular flexibility index (Phi) is 4.18. The van der Waals surface area contributed by atoms with Crippen LogP contribution in [-0.4, -0.2) is 7.05 Å². The highest BCUT2D eigenvalue weighted by atomic mass is 19.4. The van der Waals surface area contributed by atoms with Crippen LogP contribution >= 0.6 is 0 Å². The number of benzene rings is 1. The highest BCUT2D eigenvalue weighted by Gasteiger charge is 2.31. The number of furan rings is 1. The van der Waals surface area contributed by atoms with Crippen molar-refractivity contribution in [3.63, 3.8) is 0 Å². The Bertz CT molecular complexity index is 574. The van der Waals surface area contributed by atoms with Crippen LogP contribution < -0.4 is 5.32 Å². The van der Waals surface area contributed by atoms with Crippen LogP contribution in [0, 0.1) is 0 Å². The van der Waals surface area contributed by atoms with Crippen LogP contribution in [-0.2, 0) is 12.6 Å². The van der Waals surface area contributed by atoms with Crippen molar-refractivity contribution in [2.24, 2.45) is 0 Å². The molecule has 1 aromatic carbocycles. The fourth-order valence-electron chi connectivity index (χ4n) is 2.11. The molecule has 0 bridgehead atoms. The molecule has 5 heteroatoms. The van der Waals surface area contributed by atoms with Crippen molar-refractivity contribution < 1.29 is 17.6 Å². The van der Waals surface area contributed by atoms with Crippen molar-refractivity contribution in [3.05, 3.63) is 59.0 Å². The standard InChI is InChI=1S/C15H16F3NO/c1-3-12-7-8-13(20-12)14(19-2)10-5-4-6-11(9-10)15(16,17)18/h4-9,14,19H,3H2,1-2H3. The summed E-state index contributed by atoms with van der Waals surface area (Å²) in [7, 11) is 1.69. The number of rotatable bonds is 4. The van der Waals surface area contributed by atoms with Crippen LogP contribution in [0.1, 0.15) is 35.6 Å². The maximum absolute atomic E-state index is 12.8. The Morgan fingerprint density at radius 2 is 1.95 bits per heavy atom. The van der Waals surface area contributed by atoms with Gasteiger partial charge < -0.3 is 9.73 Å². The SMILES string of the molecule is CCc1ccc(C(NC)c2cccc(C(F)(F)F)c2)o1. The Balaban J connectivity index is 2.37. The zero-order valence-corrected chi connectivity index (χ0v) is 11.3. The van der Waals surface area contributed by atoms with Crippen LogP contribution in [0.4, 0.5) is 13.2 Å². The first kappa shape index (κ1) is 14.7. The maximum Gasteiger partial charge on any atom is 0.416 e. The molecule has 0 aliphatic rings. The van der Waals surface area contributed by atoms with Gasteiger partial charge in [-0.2, -0.15) is 13.2 Å². The Morgan fingerprint density at radius 1 is 1.20 bits per heavy atom. The molecule has 0 fully saturated rings. The molecule has 1 N–H and O–H groups in total. The molecule has 0 amide bonds. The molecule has 2 nitrogen and oxygen atoms in total. The average molecular weight is 283 g/mol. The number of hydrogen-bond acceptors (Lipinski definition) is 2. The Morgan fingerprint density at radius 3 is 2.50 bits per heavy atom. The molecule has 0 aliphatic heterocycles. The zero-order valence-electron chi connectivity index (χ0n) is 11.3. The number of aryl methyl sites for hydroxylation is 1. The molecule has 1 aromatic heterocycles. The van der Waals surface area contributed by atoms with E-state index in [2.05, 4.69) is 5.32 Å². The van der Waals surface area contributed by atoms with Gasteiger partial charge in [0.05, 0.1) is 11.6 Å². The van der Waals surface area contributed by atoms with Gasteiger partial charge in [0.15, 0.2) is 0 Å². The summed E-state index contributed by atoms with van der Waals surface area (Å²) in [5.41, 5.74) is -0.128. The van der Waals surface area contributed by atoms with Crippen LogP contribution in [0.3, 0.4) is 0 Å². The van der Waals surface area contributed by atoms with Crippen molar-refractivity contribution in [1.29, 1.82) is 0 Å². The molecule has 108 valence electrons. The van der Waals surface area contributed by atoms with Gasteiger partial charge >= 0.3 is 6.18 Å². The van der Waals surface area contributed by atoms with Crippen molar-refractivity contribution in [2.45, 2.75) is 25.6 Å². The summed E-state index contributed by atoms with van der Waals surface area (Å²) in [5.74, 6) is 1.43. The van der Waals surface area contributed by atoms with E-state index in [1.807, 2.05) is 13.0 Å². The molecular formula is C15H16F3NO. The monoisotopic (exact) mass is 283 g/mol. The van der Waals surface area contributed by atoms with E-state index in [0.717, 1.165) is 24.3 Å². The molecule has 2 aromatic rings. The fourth-order valence-corrected chi connectivity index (χ4v) is 2.11. The minimum Gasteiger partial charge on any atom is -0.464 e. The Hall–Kier alpha value is -1.75. The number of halogens is 3. The van der Waals surface area contributed by atoms with Gasteiger partial charge in [-0.05, 0) is 36.9 Å². The quantitative estimate of drug-likeness (QED) is 0.911. The summed E-state index contributed by atoms with van der Waals surface area (Å²) in [6, 6.07) is 8.52. The summed E-state index contributed by atoms with van der Waals surface area (Å²) in [5, 5.41) is 2.99. The van der Waals surface area contributed by atoms with E-state index >= 15 is 0 Å². The van der Waals surface area contributed by atoms with Gasteiger partial charge in [0.2, 0.25) is 0 Å². The molecule has 0 aliphatic carbocycles. The summed E-state index contributed by atoms with van der Waals surface area (Å²) in [6.45, 7) is 1.96. The molecule has 0 radical (unpaired) electrons. The average Bonchev–Trinajstić information content (AvgIpc) is 2.88. The largest absolute Gasteiger partial charge is 0.464 e. The second-order valence-electron chi connectivity index (χ2n) is 4.50. The van der Waals surface area contributed by atoms with Gasteiger partial charge in [-0.1, -0.05) is 19.1 Å². The van der Waals surface area contributed by atoms with Crippen LogP contribution in [0.2, 0.25) is 0 Å². The van der Waals surface area contributed by atoms with Crippen LogP contribution in [0.5, 0.6) is 0 Å². The molecule has 1 unspecified atom stereocenters. The van der Waals surface area contributed by atoms with Gasteiger partial charge in [0.1, 0.15) is 11.5 Å². The van der Waals surface area contributed by atoms with Gasteiger partial charge in [-0.3, -0.25) is 0 Å². The Labute approximate surface area is 115 Å².